The lowest BCUT2D eigenvalue weighted by molar-refractivity contribution is -0.384. The summed E-state index contributed by atoms with van der Waals surface area (Å²) in [6, 6.07) is 7.45. The minimum Gasteiger partial charge on any atom is -0.493 e. The summed E-state index contributed by atoms with van der Waals surface area (Å²) in [5.41, 5.74) is 3.36. The topological polar surface area (TPSA) is 107 Å². The zero-order chi connectivity index (χ0) is 17.4. The molecule has 3 rings (SSSR count). The van der Waals surface area contributed by atoms with Crippen molar-refractivity contribution in [2.45, 2.75) is 20.8 Å². The molecule has 2 heterocycles. The molecule has 24 heavy (non-hydrogen) atoms. The SMILES string of the molecule is Cc1nc(C)c(-n2nc(-c3ccc([N+](=O)[O-])cc3)cc2O)nc1C. The van der Waals surface area contributed by atoms with Gasteiger partial charge in [-0.2, -0.15) is 9.78 Å². The molecule has 0 amide bonds. The number of hydrogen-bond acceptors (Lipinski definition) is 6. The van der Waals surface area contributed by atoms with Crippen molar-refractivity contribution in [3.63, 3.8) is 0 Å². The molecule has 1 aromatic carbocycles. The summed E-state index contributed by atoms with van der Waals surface area (Å²) < 4.78 is 1.31. The quantitative estimate of drug-likeness (QED) is 0.586. The molecule has 2 aromatic heterocycles. The van der Waals surface area contributed by atoms with Crippen LogP contribution in [-0.2, 0) is 0 Å². The molecule has 1 N–H and O–H groups in total. The van der Waals surface area contributed by atoms with Crippen molar-refractivity contribution in [3.8, 4) is 23.0 Å². The maximum Gasteiger partial charge on any atom is 0.269 e. The lowest BCUT2D eigenvalue weighted by Crippen LogP contribution is -2.07. The molecule has 0 aliphatic rings. The van der Waals surface area contributed by atoms with Gasteiger partial charge in [0.25, 0.3) is 5.69 Å². The van der Waals surface area contributed by atoms with Gasteiger partial charge in [0.15, 0.2) is 5.82 Å². The summed E-state index contributed by atoms with van der Waals surface area (Å²) in [6.07, 6.45) is 0. The van der Waals surface area contributed by atoms with E-state index in [4.69, 9.17) is 0 Å². The lowest BCUT2D eigenvalue weighted by Gasteiger charge is -2.08. The molecule has 8 nitrogen and oxygen atoms in total. The molecule has 0 spiro atoms. The molecule has 0 atom stereocenters. The van der Waals surface area contributed by atoms with Crippen LogP contribution in [0.2, 0.25) is 0 Å². The number of aromatic hydroxyl groups is 1. The number of non-ortho nitro benzene ring substituents is 1. The third kappa shape index (κ3) is 2.69. The average molecular weight is 325 g/mol. The zero-order valence-electron chi connectivity index (χ0n) is 13.4. The Labute approximate surface area is 137 Å². The Kier molecular flexibility index (Phi) is 3.72. The fraction of sp³-hybridized carbons (Fsp3) is 0.188. The number of benzene rings is 1. The maximum atomic E-state index is 10.7. The Balaban J connectivity index is 2.05. The Hall–Kier alpha value is -3.29. The minimum atomic E-state index is -0.464. The highest BCUT2D eigenvalue weighted by Gasteiger charge is 2.15. The summed E-state index contributed by atoms with van der Waals surface area (Å²) in [4.78, 5) is 19.1. The highest BCUT2D eigenvalue weighted by atomic mass is 16.6. The van der Waals surface area contributed by atoms with E-state index in [1.807, 2.05) is 13.8 Å². The summed E-state index contributed by atoms with van der Waals surface area (Å²) in [5.74, 6) is 0.368. The van der Waals surface area contributed by atoms with E-state index in [1.165, 1.54) is 22.9 Å². The number of aromatic nitrogens is 4. The zero-order valence-corrected chi connectivity index (χ0v) is 13.4. The molecular formula is C16H15N5O3. The van der Waals surface area contributed by atoms with Crippen LogP contribution in [0.4, 0.5) is 5.69 Å². The van der Waals surface area contributed by atoms with Crippen LogP contribution in [0.1, 0.15) is 17.1 Å². The van der Waals surface area contributed by atoms with Crippen molar-refractivity contribution < 1.29 is 10.0 Å². The Bertz CT molecular complexity index is 932. The number of hydrogen-bond donors (Lipinski definition) is 1. The second-order valence-electron chi connectivity index (χ2n) is 5.41. The number of nitro groups is 1. The molecule has 8 heteroatoms. The van der Waals surface area contributed by atoms with Crippen molar-refractivity contribution in [1.82, 2.24) is 19.7 Å². The van der Waals surface area contributed by atoms with E-state index in [0.717, 1.165) is 11.4 Å². The number of nitrogens with zero attached hydrogens (tertiary/aromatic N) is 5. The summed E-state index contributed by atoms with van der Waals surface area (Å²) in [7, 11) is 0. The molecule has 0 saturated heterocycles. The highest BCUT2D eigenvalue weighted by Crippen LogP contribution is 2.27. The lowest BCUT2D eigenvalue weighted by atomic mass is 10.1. The van der Waals surface area contributed by atoms with Gasteiger partial charge in [0, 0.05) is 23.8 Å². The monoisotopic (exact) mass is 325 g/mol. The molecule has 0 aliphatic heterocycles. The predicted octanol–water partition coefficient (Wildman–Crippen LogP) is 2.87. The van der Waals surface area contributed by atoms with Crippen LogP contribution in [0, 0.1) is 30.9 Å². The molecule has 3 aromatic rings. The molecule has 0 aliphatic carbocycles. The van der Waals surface area contributed by atoms with E-state index in [9.17, 15) is 15.2 Å². The van der Waals surface area contributed by atoms with Gasteiger partial charge in [-0.25, -0.2) is 4.98 Å². The van der Waals surface area contributed by atoms with Crippen LogP contribution in [-0.4, -0.2) is 29.8 Å². The second-order valence-corrected chi connectivity index (χ2v) is 5.41. The Morgan fingerprint density at radius 2 is 1.67 bits per heavy atom. The smallest absolute Gasteiger partial charge is 0.269 e. The fourth-order valence-corrected chi connectivity index (χ4v) is 2.33. The minimum absolute atomic E-state index is 0.00160. The number of rotatable bonds is 3. The van der Waals surface area contributed by atoms with E-state index < -0.39 is 4.92 Å². The largest absolute Gasteiger partial charge is 0.493 e. The first-order valence-electron chi connectivity index (χ1n) is 7.23. The van der Waals surface area contributed by atoms with Crippen LogP contribution in [0.5, 0.6) is 5.88 Å². The van der Waals surface area contributed by atoms with E-state index in [1.54, 1.807) is 19.1 Å². The van der Waals surface area contributed by atoms with Crippen molar-refractivity contribution in [2.75, 3.05) is 0 Å². The fourth-order valence-electron chi connectivity index (χ4n) is 2.33. The highest BCUT2D eigenvalue weighted by molar-refractivity contribution is 5.62. The van der Waals surface area contributed by atoms with Gasteiger partial charge in [0.05, 0.1) is 27.7 Å². The van der Waals surface area contributed by atoms with Gasteiger partial charge in [-0.05, 0) is 32.9 Å². The van der Waals surface area contributed by atoms with Crippen molar-refractivity contribution in [3.05, 3.63) is 57.5 Å². The first-order chi connectivity index (χ1) is 11.4. The van der Waals surface area contributed by atoms with Gasteiger partial charge < -0.3 is 5.11 Å². The summed E-state index contributed by atoms with van der Waals surface area (Å²) in [6.45, 7) is 5.49. The Morgan fingerprint density at radius 1 is 1.04 bits per heavy atom. The summed E-state index contributed by atoms with van der Waals surface area (Å²) in [5, 5.41) is 25.3. The van der Waals surface area contributed by atoms with Gasteiger partial charge >= 0.3 is 0 Å². The molecule has 0 saturated carbocycles. The molecule has 0 bridgehead atoms. The van der Waals surface area contributed by atoms with Crippen LogP contribution < -0.4 is 0 Å². The van der Waals surface area contributed by atoms with Crippen molar-refractivity contribution >= 4 is 5.69 Å². The van der Waals surface area contributed by atoms with Crippen LogP contribution in [0.25, 0.3) is 17.1 Å². The van der Waals surface area contributed by atoms with Gasteiger partial charge in [-0.15, -0.1) is 0 Å². The molecular weight excluding hydrogens is 310 g/mol. The van der Waals surface area contributed by atoms with Gasteiger partial charge in [0.2, 0.25) is 5.88 Å². The van der Waals surface area contributed by atoms with Crippen molar-refractivity contribution in [1.29, 1.82) is 0 Å². The third-order valence-electron chi connectivity index (χ3n) is 3.72. The molecule has 0 radical (unpaired) electrons. The standard InChI is InChI=1S/C16H15N5O3/c1-9-10(2)18-16(11(3)17-9)20-15(22)8-14(19-20)12-4-6-13(7-5-12)21(23)24/h4-8,22H,1-3H3. The van der Waals surface area contributed by atoms with E-state index >= 15 is 0 Å². The van der Waals surface area contributed by atoms with E-state index in [0.29, 0.717) is 22.8 Å². The van der Waals surface area contributed by atoms with E-state index in [-0.39, 0.29) is 11.6 Å². The Morgan fingerprint density at radius 3 is 2.29 bits per heavy atom. The van der Waals surface area contributed by atoms with Gasteiger partial charge in [-0.1, -0.05) is 0 Å². The number of aryl methyl sites for hydroxylation is 3. The first-order valence-corrected chi connectivity index (χ1v) is 7.23. The molecule has 122 valence electrons. The third-order valence-corrected chi connectivity index (χ3v) is 3.72. The van der Waals surface area contributed by atoms with Gasteiger partial charge in [0.1, 0.15) is 0 Å². The number of nitro benzene ring substituents is 1. The summed E-state index contributed by atoms with van der Waals surface area (Å²) >= 11 is 0. The van der Waals surface area contributed by atoms with Crippen molar-refractivity contribution in [2.24, 2.45) is 0 Å². The van der Waals surface area contributed by atoms with Crippen LogP contribution in [0.15, 0.2) is 30.3 Å². The molecule has 0 unspecified atom stereocenters. The normalized spacial score (nSPS) is 10.8. The predicted molar refractivity (Wildman–Crippen MR) is 87.1 cm³/mol. The molecule has 0 fully saturated rings. The van der Waals surface area contributed by atoms with E-state index in [2.05, 4.69) is 15.1 Å². The van der Waals surface area contributed by atoms with Crippen LogP contribution in [0.3, 0.4) is 0 Å². The average Bonchev–Trinajstić information content (AvgIpc) is 2.92. The second kappa shape index (κ2) is 5.73. The maximum absolute atomic E-state index is 10.7. The van der Waals surface area contributed by atoms with Gasteiger partial charge in [-0.3, -0.25) is 15.1 Å². The first kappa shape index (κ1) is 15.6. The van der Waals surface area contributed by atoms with Crippen LogP contribution >= 0.6 is 0 Å².